The Kier molecular flexibility index (Phi) is 5.51. The van der Waals surface area contributed by atoms with E-state index in [0.29, 0.717) is 34.5 Å². The average molecular weight is 453 g/mol. The van der Waals surface area contributed by atoms with Crippen LogP contribution in [0.3, 0.4) is 0 Å². The fraction of sp³-hybridized carbons (Fsp3) is 0.0741. The van der Waals surface area contributed by atoms with Gasteiger partial charge in [-0.05, 0) is 67.1 Å². The third kappa shape index (κ3) is 4.23. The van der Waals surface area contributed by atoms with E-state index in [9.17, 15) is 14.3 Å². The van der Waals surface area contributed by atoms with E-state index in [-0.39, 0.29) is 11.4 Å². The van der Waals surface area contributed by atoms with Crippen LogP contribution in [0.15, 0.2) is 84.9 Å². The Labute approximate surface area is 194 Å². The molecule has 0 aliphatic carbocycles. The lowest BCUT2D eigenvalue weighted by Crippen LogP contribution is -2.04. The number of carboxylic acid groups (broad SMARTS) is 1. The minimum Gasteiger partial charge on any atom is -0.478 e. The lowest BCUT2D eigenvalue weighted by molar-refractivity contribution is 0.0699. The summed E-state index contributed by atoms with van der Waals surface area (Å²) < 4.78 is 20.9. The van der Waals surface area contributed by atoms with Gasteiger partial charge in [0.25, 0.3) is 0 Å². The molecule has 0 aliphatic rings. The summed E-state index contributed by atoms with van der Waals surface area (Å²) in [7, 11) is 0. The summed E-state index contributed by atoms with van der Waals surface area (Å²) in [5, 5.41) is 14.9. The fourth-order valence-electron chi connectivity index (χ4n) is 3.83. The molecule has 6 nitrogen and oxygen atoms in total. The molecule has 0 saturated carbocycles. The van der Waals surface area contributed by atoms with Crippen molar-refractivity contribution in [2.45, 2.75) is 13.5 Å². The van der Waals surface area contributed by atoms with Crippen LogP contribution >= 0.6 is 0 Å². The van der Waals surface area contributed by atoms with Crippen LogP contribution in [0.2, 0.25) is 0 Å². The second kappa shape index (κ2) is 8.78. The number of aromatic nitrogens is 3. The van der Waals surface area contributed by atoms with Gasteiger partial charge in [0.15, 0.2) is 5.65 Å². The molecule has 0 amide bonds. The predicted molar refractivity (Wildman–Crippen MR) is 127 cm³/mol. The van der Waals surface area contributed by atoms with E-state index >= 15 is 0 Å². The zero-order chi connectivity index (χ0) is 23.7. The molecule has 0 spiro atoms. The molecule has 168 valence electrons. The van der Waals surface area contributed by atoms with Crippen molar-refractivity contribution in [1.29, 1.82) is 0 Å². The minimum absolute atomic E-state index is 0.111. The van der Waals surface area contributed by atoms with Gasteiger partial charge < -0.3 is 9.84 Å². The van der Waals surface area contributed by atoms with E-state index in [1.165, 1.54) is 18.2 Å². The molecule has 0 unspecified atom stereocenters. The predicted octanol–water partition coefficient (Wildman–Crippen LogP) is 6.08. The van der Waals surface area contributed by atoms with Crippen molar-refractivity contribution in [3.63, 3.8) is 0 Å². The molecule has 1 N–H and O–H groups in total. The summed E-state index contributed by atoms with van der Waals surface area (Å²) >= 11 is 0. The van der Waals surface area contributed by atoms with Crippen LogP contribution in [0.1, 0.15) is 21.6 Å². The van der Waals surface area contributed by atoms with E-state index in [1.54, 1.807) is 16.8 Å². The van der Waals surface area contributed by atoms with Gasteiger partial charge in [0.05, 0.1) is 23.2 Å². The first-order chi connectivity index (χ1) is 16.5. The van der Waals surface area contributed by atoms with Crippen LogP contribution in [0.25, 0.3) is 22.3 Å². The number of ether oxygens (including phenoxy) is 1. The number of halogens is 1. The second-order valence-electron chi connectivity index (χ2n) is 7.87. The molecule has 0 fully saturated rings. The highest BCUT2D eigenvalue weighted by atomic mass is 19.1. The Morgan fingerprint density at radius 1 is 0.971 bits per heavy atom. The normalized spacial score (nSPS) is 11.0. The Bertz CT molecular complexity index is 1480. The van der Waals surface area contributed by atoms with Crippen LogP contribution in [-0.2, 0) is 6.54 Å². The molecule has 2 aromatic heterocycles. The van der Waals surface area contributed by atoms with Gasteiger partial charge in [-0.25, -0.2) is 14.2 Å². The average Bonchev–Trinajstić information content (AvgIpc) is 3.15. The van der Waals surface area contributed by atoms with E-state index in [0.717, 1.165) is 17.1 Å². The number of carboxylic acids is 1. The van der Waals surface area contributed by atoms with Gasteiger partial charge in [-0.2, -0.15) is 5.10 Å². The van der Waals surface area contributed by atoms with Gasteiger partial charge in [-0.1, -0.05) is 30.3 Å². The summed E-state index contributed by atoms with van der Waals surface area (Å²) in [6.07, 6.45) is 0. The number of aromatic carboxylic acids is 1. The van der Waals surface area contributed by atoms with Gasteiger partial charge in [0, 0.05) is 11.3 Å². The molecule has 5 aromatic rings. The first-order valence-electron chi connectivity index (χ1n) is 10.7. The second-order valence-corrected chi connectivity index (χ2v) is 7.87. The highest BCUT2D eigenvalue weighted by Crippen LogP contribution is 2.28. The zero-order valence-corrected chi connectivity index (χ0v) is 18.3. The van der Waals surface area contributed by atoms with Gasteiger partial charge in [-0.3, -0.25) is 4.68 Å². The first kappa shape index (κ1) is 21.3. The third-order valence-electron chi connectivity index (χ3n) is 5.57. The molecule has 34 heavy (non-hydrogen) atoms. The molecule has 0 aliphatic heterocycles. The van der Waals surface area contributed by atoms with Gasteiger partial charge in [0.1, 0.15) is 17.3 Å². The molecule has 3 aromatic carbocycles. The highest BCUT2D eigenvalue weighted by Gasteiger charge is 2.19. The Hall–Kier alpha value is -4.52. The maximum Gasteiger partial charge on any atom is 0.336 e. The molecular weight excluding hydrogens is 433 g/mol. The van der Waals surface area contributed by atoms with Gasteiger partial charge in [-0.15, -0.1) is 0 Å². The zero-order valence-electron chi connectivity index (χ0n) is 18.3. The van der Waals surface area contributed by atoms with E-state index in [2.05, 4.69) is 10.1 Å². The third-order valence-corrected chi connectivity index (χ3v) is 5.57. The number of pyridine rings is 1. The SMILES string of the molecule is Cc1c2c(C(=O)O)cc(-c3ccc(F)cc3)nc2nn1Cc1ccc(Oc2ccccc2)cc1. The number of para-hydroxylation sites is 1. The monoisotopic (exact) mass is 453 g/mol. The lowest BCUT2D eigenvalue weighted by atomic mass is 10.1. The van der Waals surface area contributed by atoms with Crippen LogP contribution in [0, 0.1) is 12.7 Å². The number of benzene rings is 3. The van der Waals surface area contributed by atoms with E-state index in [4.69, 9.17) is 4.74 Å². The number of hydrogen-bond donors (Lipinski definition) is 1. The summed E-state index contributed by atoms with van der Waals surface area (Å²) in [4.78, 5) is 16.6. The summed E-state index contributed by atoms with van der Waals surface area (Å²) in [5.74, 6) is 0.0362. The Morgan fingerprint density at radius 3 is 2.32 bits per heavy atom. The van der Waals surface area contributed by atoms with Crippen molar-refractivity contribution < 1.29 is 19.0 Å². The minimum atomic E-state index is -1.07. The Balaban J connectivity index is 1.47. The smallest absolute Gasteiger partial charge is 0.336 e. The highest BCUT2D eigenvalue weighted by molar-refractivity contribution is 6.04. The largest absolute Gasteiger partial charge is 0.478 e. The molecule has 0 radical (unpaired) electrons. The number of fused-ring (bicyclic) bond motifs is 1. The lowest BCUT2D eigenvalue weighted by Gasteiger charge is -2.08. The van der Waals surface area contributed by atoms with Crippen molar-refractivity contribution in [2.24, 2.45) is 0 Å². The van der Waals surface area contributed by atoms with Crippen molar-refractivity contribution in [2.75, 3.05) is 0 Å². The van der Waals surface area contributed by atoms with Gasteiger partial charge >= 0.3 is 5.97 Å². The first-order valence-corrected chi connectivity index (χ1v) is 10.7. The summed E-state index contributed by atoms with van der Waals surface area (Å²) in [6.45, 7) is 2.27. The number of nitrogens with zero attached hydrogens (tertiary/aromatic N) is 3. The molecular formula is C27H20FN3O3. The van der Waals surface area contributed by atoms with Crippen molar-refractivity contribution in [3.8, 4) is 22.8 Å². The number of rotatable bonds is 6. The van der Waals surface area contributed by atoms with Crippen molar-refractivity contribution >= 4 is 17.0 Å². The maximum absolute atomic E-state index is 13.3. The number of hydrogen-bond acceptors (Lipinski definition) is 4. The molecule has 7 heteroatoms. The molecule has 0 bridgehead atoms. The quantitative estimate of drug-likeness (QED) is 0.337. The number of carbonyl (C=O) groups is 1. The van der Waals surface area contributed by atoms with Crippen molar-refractivity contribution in [1.82, 2.24) is 14.8 Å². The van der Waals surface area contributed by atoms with Crippen LogP contribution in [0.4, 0.5) is 4.39 Å². The Morgan fingerprint density at radius 2 is 1.65 bits per heavy atom. The van der Waals surface area contributed by atoms with Crippen LogP contribution < -0.4 is 4.74 Å². The van der Waals surface area contributed by atoms with Crippen molar-refractivity contribution in [3.05, 3.63) is 108 Å². The van der Waals surface area contributed by atoms with E-state index < -0.39 is 5.97 Å². The summed E-state index contributed by atoms with van der Waals surface area (Å²) in [6, 6.07) is 24.5. The standard InChI is InChI=1S/C27H20FN3O3/c1-17-25-23(27(32)33)15-24(19-9-11-20(28)12-10-19)29-26(25)30-31(17)16-18-7-13-22(14-8-18)34-21-5-3-2-4-6-21/h2-15H,16H2,1H3,(H,32,33). The molecule has 0 saturated heterocycles. The topological polar surface area (TPSA) is 77.2 Å². The van der Waals surface area contributed by atoms with Gasteiger partial charge in [0.2, 0.25) is 0 Å². The molecule has 5 rings (SSSR count). The molecule has 2 heterocycles. The van der Waals surface area contributed by atoms with Crippen LogP contribution in [-0.4, -0.2) is 25.8 Å². The molecule has 0 atom stereocenters. The van der Waals surface area contributed by atoms with Crippen LogP contribution in [0.5, 0.6) is 11.5 Å². The number of aryl methyl sites for hydroxylation is 1. The van der Waals surface area contributed by atoms with E-state index in [1.807, 2.05) is 61.5 Å². The maximum atomic E-state index is 13.3. The fourth-order valence-corrected chi connectivity index (χ4v) is 3.83. The summed E-state index contributed by atoms with van der Waals surface area (Å²) in [5.41, 5.74) is 3.17.